The normalized spacial score (nSPS) is 11.4. The van der Waals surface area contributed by atoms with E-state index in [2.05, 4.69) is 41.3 Å². The molecule has 3 aromatic rings. The summed E-state index contributed by atoms with van der Waals surface area (Å²) in [6, 6.07) is 18.2. The van der Waals surface area contributed by atoms with Crippen molar-refractivity contribution in [1.29, 1.82) is 0 Å². The third-order valence-corrected chi connectivity index (χ3v) is 4.75. The zero-order valence-corrected chi connectivity index (χ0v) is 16.7. The van der Waals surface area contributed by atoms with Crippen LogP contribution in [0.15, 0.2) is 64.9 Å². The van der Waals surface area contributed by atoms with Gasteiger partial charge in [0.1, 0.15) is 5.75 Å². The minimum atomic E-state index is 0.509. The molecule has 0 atom stereocenters. The Bertz CT molecular complexity index is 873. The molecule has 1 aromatic heterocycles. The second-order valence-electron chi connectivity index (χ2n) is 6.63. The van der Waals surface area contributed by atoms with Gasteiger partial charge in [-0.25, -0.2) is 0 Å². The molecule has 3 rings (SSSR count). The molecule has 27 heavy (non-hydrogen) atoms. The number of ether oxygens (including phenoxy) is 1. The van der Waals surface area contributed by atoms with Crippen LogP contribution >= 0.6 is 11.8 Å². The van der Waals surface area contributed by atoms with Gasteiger partial charge in [0.05, 0.1) is 12.8 Å². The lowest BCUT2D eigenvalue weighted by Crippen LogP contribution is -2.04. The summed E-state index contributed by atoms with van der Waals surface area (Å²) in [6.07, 6.45) is 1.81. The van der Waals surface area contributed by atoms with Crippen LogP contribution in [0.25, 0.3) is 0 Å². The first-order chi connectivity index (χ1) is 13.1. The van der Waals surface area contributed by atoms with Crippen molar-refractivity contribution in [3.8, 4) is 5.75 Å². The lowest BCUT2D eigenvalue weighted by molar-refractivity contribution is 0.271. The smallest absolute Gasteiger partial charge is 0.212 e. The zero-order valence-electron chi connectivity index (χ0n) is 15.9. The summed E-state index contributed by atoms with van der Waals surface area (Å²) in [4.78, 5) is 0. The minimum absolute atomic E-state index is 0.509. The van der Waals surface area contributed by atoms with Crippen molar-refractivity contribution in [1.82, 2.24) is 14.9 Å². The number of thioether (sulfide) groups is 1. The monoisotopic (exact) mass is 380 g/mol. The Morgan fingerprint density at radius 3 is 2.52 bits per heavy atom. The van der Waals surface area contributed by atoms with E-state index in [1.165, 1.54) is 5.56 Å². The number of hydrogen-bond donors (Lipinski definition) is 0. The Hall–Kier alpha value is -2.60. The summed E-state index contributed by atoms with van der Waals surface area (Å²) in [7, 11) is 0. The number of benzene rings is 2. The van der Waals surface area contributed by atoms with E-state index in [-0.39, 0.29) is 0 Å². The molecule has 5 nitrogen and oxygen atoms in total. The van der Waals surface area contributed by atoms with Gasteiger partial charge in [-0.2, -0.15) is 9.78 Å². The molecule has 0 spiro atoms. The fourth-order valence-corrected chi connectivity index (χ4v) is 3.21. The zero-order chi connectivity index (χ0) is 19.1. The van der Waals surface area contributed by atoms with E-state index in [4.69, 9.17) is 4.74 Å². The van der Waals surface area contributed by atoms with E-state index in [1.54, 1.807) is 16.4 Å². The maximum absolute atomic E-state index is 5.71. The Kier molecular flexibility index (Phi) is 6.65. The van der Waals surface area contributed by atoms with Crippen LogP contribution in [0.1, 0.15) is 30.8 Å². The van der Waals surface area contributed by atoms with Gasteiger partial charge in [0.15, 0.2) is 5.82 Å². The van der Waals surface area contributed by atoms with Crippen LogP contribution in [-0.2, 0) is 5.75 Å². The Labute approximate surface area is 164 Å². The Morgan fingerprint density at radius 2 is 1.81 bits per heavy atom. The largest absolute Gasteiger partial charge is 0.493 e. The molecule has 0 radical (unpaired) electrons. The second-order valence-corrected chi connectivity index (χ2v) is 7.58. The van der Waals surface area contributed by atoms with E-state index in [1.807, 2.05) is 55.6 Å². The summed E-state index contributed by atoms with van der Waals surface area (Å²) in [5, 5.41) is 13.7. The molecular formula is C21H24N4OS. The van der Waals surface area contributed by atoms with E-state index < -0.39 is 0 Å². The molecule has 2 aromatic carbocycles. The van der Waals surface area contributed by atoms with Crippen LogP contribution in [0.5, 0.6) is 5.75 Å². The van der Waals surface area contributed by atoms with Crippen LogP contribution in [0.2, 0.25) is 0 Å². The molecule has 0 amide bonds. The molecule has 0 saturated heterocycles. The van der Waals surface area contributed by atoms with Gasteiger partial charge in [-0.3, -0.25) is 0 Å². The SMILES string of the molecule is Cc1nnc(SCc2ccccc2)n1/N=C/c1ccc(OCC(C)C)cc1. The highest BCUT2D eigenvalue weighted by Gasteiger charge is 2.08. The molecule has 0 aliphatic carbocycles. The molecule has 0 fully saturated rings. The third kappa shape index (κ3) is 5.69. The fraction of sp³-hybridized carbons (Fsp3) is 0.286. The lowest BCUT2D eigenvalue weighted by atomic mass is 10.2. The van der Waals surface area contributed by atoms with Crippen molar-refractivity contribution in [2.75, 3.05) is 6.61 Å². The van der Waals surface area contributed by atoms with Gasteiger partial charge in [0, 0.05) is 5.75 Å². The van der Waals surface area contributed by atoms with Crippen molar-refractivity contribution in [3.05, 3.63) is 71.5 Å². The molecule has 0 aliphatic rings. The molecular weight excluding hydrogens is 356 g/mol. The number of nitrogens with zero attached hydrogens (tertiary/aromatic N) is 4. The predicted molar refractivity (Wildman–Crippen MR) is 111 cm³/mol. The van der Waals surface area contributed by atoms with Crippen molar-refractivity contribution >= 4 is 18.0 Å². The molecule has 0 bridgehead atoms. The Morgan fingerprint density at radius 1 is 1.07 bits per heavy atom. The highest BCUT2D eigenvalue weighted by molar-refractivity contribution is 7.98. The van der Waals surface area contributed by atoms with Gasteiger partial charge >= 0.3 is 0 Å². The lowest BCUT2D eigenvalue weighted by Gasteiger charge is -2.08. The summed E-state index contributed by atoms with van der Waals surface area (Å²) in [5.41, 5.74) is 2.25. The topological polar surface area (TPSA) is 52.3 Å². The third-order valence-electron chi connectivity index (χ3n) is 3.76. The van der Waals surface area contributed by atoms with Gasteiger partial charge < -0.3 is 4.74 Å². The van der Waals surface area contributed by atoms with Crippen molar-refractivity contribution in [2.24, 2.45) is 11.0 Å². The first kappa shape index (κ1) is 19.2. The van der Waals surface area contributed by atoms with E-state index in [9.17, 15) is 0 Å². The predicted octanol–water partition coefficient (Wildman–Crippen LogP) is 4.80. The van der Waals surface area contributed by atoms with Crippen LogP contribution < -0.4 is 4.74 Å². The summed E-state index contributed by atoms with van der Waals surface area (Å²) >= 11 is 1.62. The highest BCUT2D eigenvalue weighted by Crippen LogP contribution is 2.21. The van der Waals surface area contributed by atoms with Gasteiger partial charge in [0.25, 0.3) is 0 Å². The van der Waals surface area contributed by atoms with Crippen LogP contribution in [0.4, 0.5) is 0 Å². The van der Waals surface area contributed by atoms with Gasteiger partial charge in [-0.05, 0) is 48.2 Å². The van der Waals surface area contributed by atoms with Crippen molar-refractivity contribution in [2.45, 2.75) is 31.7 Å². The van der Waals surface area contributed by atoms with Crippen molar-refractivity contribution < 1.29 is 4.74 Å². The quantitative estimate of drug-likeness (QED) is 0.416. The van der Waals surface area contributed by atoms with Gasteiger partial charge in [0.2, 0.25) is 5.16 Å². The van der Waals surface area contributed by atoms with Crippen LogP contribution in [-0.4, -0.2) is 27.7 Å². The summed E-state index contributed by atoms with van der Waals surface area (Å²) < 4.78 is 7.49. The molecule has 1 heterocycles. The highest BCUT2D eigenvalue weighted by atomic mass is 32.2. The number of hydrogen-bond acceptors (Lipinski definition) is 5. The maximum atomic E-state index is 5.71. The average molecular weight is 381 g/mol. The molecule has 6 heteroatoms. The standard InChI is InChI=1S/C21H24N4OS/c1-16(2)14-26-20-11-9-18(10-12-20)13-22-25-17(3)23-24-21(25)27-15-19-7-5-4-6-8-19/h4-13,16H,14-15H2,1-3H3/b22-13+. The number of aromatic nitrogens is 3. The second kappa shape index (κ2) is 9.37. The molecule has 0 unspecified atom stereocenters. The minimum Gasteiger partial charge on any atom is -0.493 e. The fourth-order valence-electron chi connectivity index (χ4n) is 2.32. The number of aryl methyl sites for hydroxylation is 1. The maximum Gasteiger partial charge on any atom is 0.212 e. The van der Waals surface area contributed by atoms with Crippen LogP contribution in [0, 0.1) is 12.8 Å². The van der Waals surface area contributed by atoms with E-state index >= 15 is 0 Å². The average Bonchev–Trinajstić information content (AvgIpc) is 3.04. The molecule has 140 valence electrons. The van der Waals surface area contributed by atoms with E-state index in [0.717, 1.165) is 34.7 Å². The molecule has 0 N–H and O–H groups in total. The summed E-state index contributed by atoms with van der Waals surface area (Å²) in [6.45, 7) is 6.89. The van der Waals surface area contributed by atoms with E-state index in [0.29, 0.717) is 5.92 Å². The first-order valence-electron chi connectivity index (χ1n) is 8.98. The summed E-state index contributed by atoms with van der Waals surface area (Å²) in [5.74, 6) is 2.98. The van der Waals surface area contributed by atoms with Gasteiger partial charge in [-0.1, -0.05) is 55.9 Å². The van der Waals surface area contributed by atoms with Crippen molar-refractivity contribution in [3.63, 3.8) is 0 Å². The van der Waals surface area contributed by atoms with Crippen LogP contribution in [0.3, 0.4) is 0 Å². The Balaban J connectivity index is 1.65. The number of rotatable bonds is 8. The van der Waals surface area contributed by atoms with Gasteiger partial charge in [-0.15, -0.1) is 10.2 Å². The molecule has 0 saturated carbocycles. The molecule has 0 aliphatic heterocycles. The first-order valence-corrected chi connectivity index (χ1v) is 9.96.